The molecule has 1 aliphatic heterocycles. The lowest BCUT2D eigenvalue weighted by molar-refractivity contribution is -0.122. The Morgan fingerprint density at radius 2 is 1.75 bits per heavy atom. The Morgan fingerprint density at radius 3 is 2.41 bits per heavy atom. The fraction of sp³-hybridized carbons (Fsp3) is 0.542. The molecule has 1 aliphatic carbocycles. The lowest BCUT2D eigenvalue weighted by Crippen LogP contribution is -2.36. The number of ketones is 1. The Labute approximate surface area is 186 Å². The summed E-state index contributed by atoms with van der Waals surface area (Å²) in [5.74, 6) is -1.48. The number of ether oxygens (including phenoxy) is 1. The van der Waals surface area contributed by atoms with E-state index in [1.807, 2.05) is 19.1 Å². The number of nitrogens with zero attached hydrogens (tertiary/aromatic N) is 2. The Bertz CT molecular complexity index is 952. The van der Waals surface area contributed by atoms with Gasteiger partial charge in [-0.15, -0.1) is 0 Å². The van der Waals surface area contributed by atoms with Crippen molar-refractivity contribution >= 4 is 17.4 Å². The van der Waals surface area contributed by atoms with Crippen LogP contribution in [0.5, 0.6) is 0 Å². The van der Waals surface area contributed by atoms with Crippen molar-refractivity contribution in [3.05, 3.63) is 47.3 Å². The van der Waals surface area contributed by atoms with Crippen LogP contribution in [0.3, 0.4) is 0 Å². The highest BCUT2D eigenvalue weighted by atomic mass is 19.3. The summed E-state index contributed by atoms with van der Waals surface area (Å²) in [6.45, 7) is 2.45. The normalized spacial score (nSPS) is 23.8. The first kappa shape index (κ1) is 22.6. The highest BCUT2D eigenvalue weighted by molar-refractivity contribution is 6.03. The molecule has 2 fully saturated rings. The summed E-state index contributed by atoms with van der Waals surface area (Å²) in [5, 5.41) is 6.76. The second kappa shape index (κ2) is 9.90. The van der Waals surface area contributed by atoms with Gasteiger partial charge in [-0.25, -0.2) is 13.5 Å². The minimum absolute atomic E-state index is 0.00807. The molecule has 0 bridgehead atoms. The molecule has 4 rings (SSSR count). The van der Waals surface area contributed by atoms with Crippen molar-refractivity contribution < 1.29 is 23.1 Å². The van der Waals surface area contributed by atoms with Crippen LogP contribution in [0, 0.1) is 18.8 Å². The van der Waals surface area contributed by atoms with Gasteiger partial charge in [-0.05, 0) is 39.0 Å². The molecule has 32 heavy (non-hydrogen) atoms. The van der Waals surface area contributed by atoms with Crippen molar-refractivity contribution in [2.45, 2.75) is 64.5 Å². The van der Waals surface area contributed by atoms with Gasteiger partial charge in [0.25, 0.3) is 6.43 Å². The van der Waals surface area contributed by atoms with Crippen LogP contribution < -0.4 is 5.32 Å². The van der Waals surface area contributed by atoms with Crippen LogP contribution >= 0.6 is 0 Å². The molecule has 2 aromatic rings. The number of carbonyl (C=O) groups is 2. The van der Waals surface area contributed by atoms with Crippen molar-refractivity contribution in [3.8, 4) is 0 Å². The highest BCUT2D eigenvalue weighted by Crippen LogP contribution is 2.36. The predicted molar refractivity (Wildman–Crippen MR) is 116 cm³/mol. The molecule has 0 radical (unpaired) electrons. The van der Waals surface area contributed by atoms with Crippen LogP contribution in [0.4, 0.5) is 14.5 Å². The Kier molecular flexibility index (Phi) is 6.98. The first-order valence-electron chi connectivity index (χ1n) is 11.3. The van der Waals surface area contributed by atoms with E-state index in [4.69, 9.17) is 4.74 Å². The number of aromatic nitrogens is 2. The van der Waals surface area contributed by atoms with Gasteiger partial charge in [0.15, 0.2) is 12.0 Å². The van der Waals surface area contributed by atoms with E-state index in [-0.39, 0.29) is 17.2 Å². The quantitative estimate of drug-likeness (QED) is 0.600. The minimum atomic E-state index is -2.81. The van der Waals surface area contributed by atoms with Crippen molar-refractivity contribution in [2.75, 3.05) is 11.9 Å². The molecule has 0 spiro atoms. The maximum Gasteiger partial charge on any atom is 0.282 e. The van der Waals surface area contributed by atoms with E-state index in [0.717, 1.165) is 31.2 Å². The zero-order valence-electron chi connectivity index (χ0n) is 18.2. The van der Waals surface area contributed by atoms with Gasteiger partial charge in [0.05, 0.1) is 11.9 Å². The smallest absolute Gasteiger partial charge is 0.282 e. The van der Waals surface area contributed by atoms with Crippen LogP contribution in [0.1, 0.15) is 79.2 Å². The molecule has 1 N–H and O–H groups in total. The van der Waals surface area contributed by atoms with Gasteiger partial charge in [0.1, 0.15) is 5.69 Å². The Hall–Kier alpha value is -2.61. The number of anilines is 1. The number of halogens is 2. The van der Waals surface area contributed by atoms with Crippen LogP contribution in [0.15, 0.2) is 30.5 Å². The summed E-state index contributed by atoms with van der Waals surface area (Å²) in [7, 11) is 0. The number of carbonyl (C=O) groups excluding carboxylic acids is 2. The lowest BCUT2D eigenvalue weighted by atomic mass is 9.75. The number of Topliss-reactive ketones (excluding diaryl/α,β-unsaturated/α-hetero) is 1. The number of hydrogen-bond donors (Lipinski definition) is 1. The average Bonchev–Trinajstić information content (AvgIpc) is 3.23. The molecule has 1 saturated heterocycles. The third-order valence-electron chi connectivity index (χ3n) is 6.50. The molecule has 6 nitrogen and oxygen atoms in total. The molecule has 172 valence electrons. The number of aryl methyl sites for hydroxylation is 1. The SMILES string of the molecule is Cc1ccc(C(=O)[C@@H]2CCCC[C@H]2C(=O)Nc2cnn(C3CCCCO3)c2C(F)F)cc1. The molecule has 3 atom stereocenters. The van der Waals surface area contributed by atoms with Crippen LogP contribution in [-0.2, 0) is 9.53 Å². The van der Waals surface area contributed by atoms with E-state index in [1.165, 1.54) is 10.9 Å². The fourth-order valence-corrected chi connectivity index (χ4v) is 4.75. The molecule has 1 saturated carbocycles. The molecular formula is C24H29F2N3O3. The molecule has 1 aromatic heterocycles. The van der Waals surface area contributed by atoms with Crippen molar-refractivity contribution in [3.63, 3.8) is 0 Å². The second-order valence-electron chi connectivity index (χ2n) is 8.73. The Morgan fingerprint density at radius 1 is 1.06 bits per heavy atom. The topological polar surface area (TPSA) is 73.2 Å². The van der Waals surface area contributed by atoms with Gasteiger partial charge in [0, 0.05) is 24.0 Å². The molecule has 2 aliphatic rings. The lowest BCUT2D eigenvalue weighted by Gasteiger charge is -2.29. The molecule has 1 amide bonds. The van der Waals surface area contributed by atoms with E-state index in [9.17, 15) is 18.4 Å². The molecule has 1 aromatic carbocycles. The number of rotatable bonds is 6. The summed E-state index contributed by atoms with van der Waals surface area (Å²) in [6.07, 6.45) is 3.13. The van der Waals surface area contributed by atoms with Gasteiger partial charge >= 0.3 is 0 Å². The van der Waals surface area contributed by atoms with E-state index < -0.39 is 30.4 Å². The number of hydrogen-bond acceptors (Lipinski definition) is 4. The summed E-state index contributed by atoms with van der Waals surface area (Å²) in [6, 6.07) is 7.32. The van der Waals surface area contributed by atoms with Crippen LogP contribution in [0.25, 0.3) is 0 Å². The van der Waals surface area contributed by atoms with Gasteiger partial charge in [0.2, 0.25) is 5.91 Å². The predicted octanol–water partition coefficient (Wildman–Crippen LogP) is 5.46. The third kappa shape index (κ3) is 4.75. The summed E-state index contributed by atoms with van der Waals surface area (Å²) in [4.78, 5) is 26.3. The first-order chi connectivity index (χ1) is 15.5. The fourth-order valence-electron chi connectivity index (χ4n) is 4.75. The standard InChI is InChI=1S/C24H29F2N3O3/c1-15-9-11-16(12-10-15)22(30)17-6-2-3-7-18(17)24(31)28-19-14-27-29(21(19)23(25)26)20-8-4-5-13-32-20/h9-12,14,17-18,20,23H,2-8,13H2,1H3,(H,28,31)/t17-,18-,20?/m1/s1. The number of nitrogens with one attached hydrogen (secondary N) is 1. The zero-order valence-corrected chi connectivity index (χ0v) is 18.2. The second-order valence-corrected chi connectivity index (χ2v) is 8.73. The van der Waals surface area contributed by atoms with E-state index in [1.54, 1.807) is 12.1 Å². The van der Waals surface area contributed by atoms with Gasteiger partial charge in [-0.3, -0.25) is 9.59 Å². The summed E-state index contributed by atoms with van der Waals surface area (Å²) < 4.78 is 34.6. The Balaban J connectivity index is 1.53. The summed E-state index contributed by atoms with van der Waals surface area (Å²) in [5.41, 5.74) is 1.28. The number of alkyl halides is 2. The average molecular weight is 446 g/mol. The van der Waals surface area contributed by atoms with Gasteiger partial charge in [-0.2, -0.15) is 5.10 Å². The maximum absolute atomic E-state index is 13.9. The van der Waals surface area contributed by atoms with E-state index >= 15 is 0 Å². The summed E-state index contributed by atoms with van der Waals surface area (Å²) >= 11 is 0. The molecule has 8 heteroatoms. The van der Waals surface area contributed by atoms with E-state index in [2.05, 4.69) is 10.4 Å². The van der Waals surface area contributed by atoms with Gasteiger partial charge < -0.3 is 10.1 Å². The number of benzene rings is 1. The largest absolute Gasteiger partial charge is 0.357 e. The number of amides is 1. The highest BCUT2D eigenvalue weighted by Gasteiger charge is 2.37. The van der Waals surface area contributed by atoms with Gasteiger partial charge in [-0.1, -0.05) is 42.7 Å². The van der Waals surface area contributed by atoms with Crippen LogP contribution in [0.2, 0.25) is 0 Å². The monoisotopic (exact) mass is 445 g/mol. The minimum Gasteiger partial charge on any atom is -0.357 e. The van der Waals surface area contributed by atoms with Crippen molar-refractivity contribution in [2.24, 2.45) is 11.8 Å². The van der Waals surface area contributed by atoms with Crippen LogP contribution in [-0.4, -0.2) is 28.1 Å². The molecule has 2 heterocycles. The van der Waals surface area contributed by atoms with Crippen molar-refractivity contribution in [1.29, 1.82) is 0 Å². The van der Waals surface area contributed by atoms with E-state index in [0.29, 0.717) is 31.4 Å². The first-order valence-corrected chi connectivity index (χ1v) is 11.3. The molecule has 1 unspecified atom stereocenters. The molecular weight excluding hydrogens is 416 g/mol. The van der Waals surface area contributed by atoms with Crippen molar-refractivity contribution in [1.82, 2.24) is 9.78 Å². The zero-order chi connectivity index (χ0) is 22.7. The third-order valence-corrected chi connectivity index (χ3v) is 6.50. The maximum atomic E-state index is 13.9.